The van der Waals surface area contributed by atoms with Gasteiger partial charge < -0.3 is 10.4 Å². The van der Waals surface area contributed by atoms with Gasteiger partial charge >= 0.3 is 5.97 Å². The average Bonchev–Trinajstić information content (AvgIpc) is 2.74. The molecule has 0 saturated carbocycles. The Morgan fingerprint density at radius 3 is 2.84 bits per heavy atom. The molecule has 0 unspecified atom stereocenters. The molecular formula is C13H12N2O3S. The van der Waals surface area contributed by atoms with Crippen LogP contribution in [0.5, 0.6) is 0 Å². The first-order valence-corrected chi connectivity index (χ1v) is 6.47. The molecule has 2 N–H and O–H groups in total. The minimum atomic E-state index is -1.02. The number of carboxylic acid groups (broad SMARTS) is 1. The maximum atomic E-state index is 11.8. The molecule has 0 spiro atoms. The molecule has 2 rings (SSSR count). The van der Waals surface area contributed by atoms with Gasteiger partial charge in [-0.05, 0) is 25.1 Å². The molecule has 1 aromatic carbocycles. The molecule has 0 saturated heterocycles. The normalized spacial score (nSPS) is 10.2. The first-order valence-electron chi connectivity index (χ1n) is 5.59. The van der Waals surface area contributed by atoms with E-state index in [1.165, 1.54) is 23.5 Å². The van der Waals surface area contributed by atoms with Crippen molar-refractivity contribution in [1.82, 2.24) is 4.98 Å². The van der Waals surface area contributed by atoms with Gasteiger partial charge in [-0.25, -0.2) is 9.78 Å². The summed E-state index contributed by atoms with van der Waals surface area (Å²) in [5, 5.41) is 14.1. The van der Waals surface area contributed by atoms with Gasteiger partial charge in [0.2, 0.25) is 5.91 Å². The van der Waals surface area contributed by atoms with Crippen molar-refractivity contribution in [2.24, 2.45) is 0 Å². The van der Waals surface area contributed by atoms with Crippen molar-refractivity contribution in [3.8, 4) is 0 Å². The number of benzene rings is 1. The number of carboxylic acids is 1. The third-order valence-corrected chi connectivity index (χ3v) is 3.34. The van der Waals surface area contributed by atoms with Crippen molar-refractivity contribution in [1.29, 1.82) is 0 Å². The fourth-order valence-electron chi connectivity index (χ4n) is 1.56. The number of amides is 1. The highest BCUT2D eigenvalue weighted by Gasteiger charge is 2.09. The molecule has 1 heterocycles. The fraction of sp³-hybridized carbons (Fsp3) is 0.154. The minimum absolute atomic E-state index is 0.142. The third-order valence-electron chi connectivity index (χ3n) is 2.37. The van der Waals surface area contributed by atoms with Gasteiger partial charge in [0.15, 0.2) is 0 Å². The zero-order valence-electron chi connectivity index (χ0n) is 10.2. The van der Waals surface area contributed by atoms with E-state index in [2.05, 4.69) is 10.3 Å². The van der Waals surface area contributed by atoms with E-state index in [1.807, 2.05) is 12.3 Å². The molecule has 0 aliphatic heterocycles. The summed E-state index contributed by atoms with van der Waals surface area (Å²) >= 11 is 1.43. The topological polar surface area (TPSA) is 79.3 Å². The Bertz CT molecular complexity index is 622. The van der Waals surface area contributed by atoms with E-state index in [-0.39, 0.29) is 17.9 Å². The quantitative estimate of drug-likeness (QED) is 0.898. The van der Waals surface area contributed by atoms with Crippen LogP contribution >= 0.6 is 11.3 Å². The molecule has 0 atom stereocenters. The predicted molar refractivity (Wildman–Crippen MR) is 72.6 cm³/mol. The average molecular weight is 276 g/mol. The van der Waals surface area contributed by atoms with Crippen LogP contribution in [0.25, 0.3) is 0 Å². The maximum Gasteiger partial charge on any atom is 0.335 e. The lowest BCUT2D eigenvalue weighted by molar-refractivity contribution is -0.115. The Labute approximate surface area is 113 Å². The lowest BCUT2D eigenvalue weighted by Crippen LogP contribution is -2.14. The van der Waals surface area contributed by atoms with Gasteiger partial charge in [-0.1, -0.05) is 6.07 Å². The molecule has 2 aromatic rings. The Morgan fingerprint density at radius 2 is 2.21 bits per heavy atom. The largest absolute Gasteiger partial charge is 0.478 e. The molecule has 5 nitrogen and oxygen atoms in total. The number of rotatable bonds is 4. The number of nitrogens with one attached hydrogen (secondary N) is 1. The van der Waals surface area contributed by atoms with E-state index in [0.29, 0.717) is 5.69 Å². The predicted octanol–water partition coefficient (Wildman–Crippen LogP) is 2.33. The van der Waals surface area contributed by atoms with Crippen LogP contribution in [0.3, 0.4) is 0 Å². The standard InChI is InChI=1S/C13H12N2O3S/c1-8-7-19-12(14-8)6-11(16)15-10-4-2-3-9(5-10)13(17)18/h2-5,7H,6H2,1H3,(H,15,16)(H,17,18). The van der Waals surface area contributed by atoms with Crippen LogP contribution in [0, 0.1) is 6.92 Å². The van der Waals surface area contributed by atoms with Crippen LogP contribution in [0.1, 0.15) is 21.1 Å². The second kappa shape index (κ2) is 5.62. The Morgan fingerprint density at radius 1 is 1.42 bits per heavy atom. The summed E-state index contributed by atoms with van der Waals surface area (Å²) in [6.07, 6.45) is 0.190. The molecule has 1 amide bonds. The van der Waals surface area contributed by atoms with E-state index < -0.39 is 5.97 Å². The minimum Gasteiger partial charge on any atom is -0.478 e. The number of nitrogens with zero attached hydrogens (tertiary/aromatic N) is 1. The summed E-state index contributed by atoms with van der Waals surface area (Å²) in [4.78, 5) is 26.8. The van der Waals surface area contributed by atoms with Crippen LogP contribution in [0.2, 0.25) is 0 Å². The van der Waals surface area contributed by atoms with Crippen LogP contribution in [-0.4, -0.2) is 22.0 Å². The first kappa shape index (κ1) is 13.2. The van der Waals surface area contributed by atoms with Crippen LogP contribution < -0.4 is 5.32 Å². The number of aromatic nitrogens is 1. The summed E-state index contributed by atoms with van der Waals surface area (Å²) in [6.45, 7) is 1.87. The van der Waals surface area contributed by atoms with Gasteiger partial charge in [0, 0.05) is 16.8 Å². The summed E-state index contributed by atoms with van der Waals surface area (Å²) in [5.41, 5.74) is 1.50. The van der Waals surface area contributed by atoms with Crippen LogP contribution in [-0.2, 0) is 11.2 Å². The Balaban J connectivity index is 2.02. The molecule has 19 heavy (non-hydrogen) atoms. The smallest absolute Gasteiger partial charge is 0.335 e. The van der Waals surface area contributed by atoms with Crippen molar-refractivity contribution < 1.29 is 14.7 Å². The molecule has 1 aromatic heterocycles. The highest BCUT2D eigenvalue weighted by molar-refractivity contribution is 7.09. The molecule has 6 heteroatoms. The van der Waals surface area contributed by atoms with Crippen LogP contribution in [0.4, 0.5) is 5.69 Å². The second-order valence-electron chi connectivity index (χ2n) is 3.99. The van der Waals surface area contributed by atoms with Crippen molar-refractivity contribution in [3.05, 3.63) is 45.9 Å². The number of hydrogen-bond donors (Lipinski definition) is 2. The molecule has 0 aliphatic rings. The van der Waals surface area contributed by atoms with Crippen molar-refractivity contribution in [2.75, 3.05) is 5.32 Å². The number of thiazole rings is 1. The SMILES string of the molecule is Cc1csc(CC(=O)Nc2cccc(C(=O)O)c2)n1. The molecular weight excluding hydrogens is 264 g/mol. The molecule has 0 radical (unpaired) electrons. The summed E-state index contributed by atoms with van der Waals surface area (Å²) in [6, 6.07) is 6.14. The third kappa shape index (κ3) is 3.62. The Kier molecular flexibility index (Phi) is 3.91. The highest BCUT2D eigenvalue weighted by Crippen LogP contribution is 2.13. The first-order chi connectivity index (χ1) is 9.04. The van der Waals surface area contributed by atoms with Gasteiger partial charge in [-0.15, -0.1) is 11.3 Å². The maximum absolute atomic E-state index is 11.8. The number of carbonyl (C=O) groups excluding carboxylic acids is 1. The lowest BCUT2D eigenvalue weighted by atomic mass is 10.2. The molecule has 0 aliphatic carbocycles. The fourth-order valence-corrected chi connectivity index (χ4v) is 2.33. The number of carbonyl (C=O) groups is 2. The van der Waals surface area contributed by atoms with E-state index in [4.69, 9.17) is 5.11 Å². The number of aromatic carboxylic acids is 1. The van der Waals surface area contributed by atoms with Crippen molar-refractivity contribution in [2.45, 2.75) is 13.3 Å². The number of anilines is 1. The van der Waals surface area contributed by atoms with Gasteiger partial charge in [-0.2, -0.15) is 0 Å². The molecule has 0 bridgehead atoms. The Hall–Kier alpha value is -2.21. The monoisotopic (exact) mass is 276 g/mol. The zero-order chi connectivity index (χ0) is 13.8. The second-order valence-corrected chi connectivity index (χ2v) is 4.94. The van der Waals surface area contributed by atoms with Gasteiger partial charge in [0.25, 0.3) is 0 Å². The van der Waals surface area contributed by atoms with Gasteiger partial charge in [0.1, 0.15) is 5.01 Å². The van der Waals surface area contributed by atoms with Gasteiger partial charge in [-0.3, -0.25) is 4.79 Å². The van der Waals surface area contributed by atoms with Gasteiger partial charge in [0.05, 0.1) is 12.0 Å². The number of hydrogen-bond acceptors (Lipinski definition) is 4. The van der Waals surface area contributed by atoms with Crippen LogP contribution in [0.15, 0.2) is 29.6 Å². The van der Waals surface area contributed by atoms with E-state index in [0.717, 1.165) is 10.7 Å². The lowest BCUT2D eigenvalue weighted by Gasteiger charge is -2.04. The molecule has 98 valence electrons. The zero-order valence-corrected chi connectivity index (χ0v) is 11.0. The van der Waals surface area contributed by atoms with E-state index >= 15 is 0 Å². The number of aryl methyl sites for hydroxylation is 1. The van der Waals surface area contributed by atoms with E-state index in [1.54, 1.807) is 12.1 Å². The molecule has 0 fully saturated rings. The summed E-state index contributed by atoms with van der Waals surface area (Å²) in [7, 11) is 0. The highest BCUT2D eigenvalue weighted by atomic mass is 32.1. The van der Waals surface area contributed by atoms with E-state index in [9.17, 15) is 9.59 Å². The van der Waals surface area contributed by atoms with Crippen molar-refractivity contribution in [3.63, 3.8) is 0 Å². The summed E-state index contributed by atoms with van der Waals surface area (Å²) < 4.78 is 0. The van der Waals surface area contributed by atoms with Crippen molar-refractivity contribution >= 4 is 28.9 Å². The summed E-state index contributed by atoms with van der Waals surface area (Å²) in [5.74, 6) is -1.23.